The molecule has 3 heteroatoms. The molecule has 0 saturated carbocycles. The Labute approximate surface area is 61.6 Å². The second kappa shape index (κ2) is 4.66. The third kappa shape index (κ3) is 4.73. The predicted octanol–water partition coefficient (Wildman–Crippen LogP) is 0.358. The molecule has 0 radical (unpaired) electrons. The molecule has 0 spiro atoms. The van der Waals surface area contributed by atoms with E-state index in [4.69, 9.17) is 14.9 Å². The molecule has 10 heavy (non-hydrogen) atoms. The van der Waals surface area contributed by atoms with E-state index in [1.165, 1.54) is 0 Å². The van der Waals surface area contributed by atoms with Crippen molar-refractivity contribution in [2.24, 2.45) is 5.92 Å². The van der Waals surface area contributed by atoms with Crippen LogP contribution in [0.1, 0.15) is 20.8 Å². The van der Waals surface area contributed by atoms with Crippen LogP contribution in [0.3, 0.4) is 0 Å². The molecule has 0 rings (SSSR count). The second-order valence-corrected chi connectivity index (χ2v) is 2.82. The summed E-state index contributed by atoms with van der Waals surface area (Å²) in [7, 11) is 0. The van der Waals surface area contributed by atoms with Crippen LogP contribution >= 0.6 is 0 Å². The smallest absolute Gasteiger partial charge is 0.156 e. The van der Waals surface area contributed by atoms with Crippen LogP contribution in [0.5, 0.6) is 0 Å². The predicted molar refractivity (Wildman–Crippen MR) is 38.5 cm³/mol. The van der Waals surface area contributed by atoms with Crippen LogP contribution in [0, 0.1) is 5.92 Å². The fraction of sp³-hybridized carbons (Fsp3) is 1.00. The molecule has 3 nitrogen and oxygen atoms in total. The third-order valence-corrected chi connectivity index (χ3v) is 1.08. The highest BCUT2D eigenvalue weighted by Gasteiger charge is 2.09. The highest BCUT2D eigenvalue weighted by Crippen LogP contribution is 2.02. The van der Waals surface area contributed by atoms with Gasteiger partial charge in [0.05, 0.1) is 12.7 Å². The normalized spacial score (nSPS) is 17.4. The molecule has 0 aromatic carbocycles. The fourth-order valence-corrected chi connectivity index (χ4v) is 0.430. The molecule has 0 aliphatic carbocycles. The van der Waals surface area contributed by atoms with E-state index in [1.54, 1.807) is 6.92 Å². The minimum Gasteiger partial charge on any atom is -0.391 e. The van der Waals surface area contributed by atoms with E-state index < -0.39 is 12.4 Å². The van der Waals surface area contributed by atoms with Crippen molar-refractivity contribution in [2.45, 2.75) is 33.2 Å². The summed E-state index contributed by atoms with van der Waals surface area (Å²) in [6, 6.07) is 0. The van der Waals surface area contributed by atoms with E-state index in [2.05, 4.69) is 0 Å². The van der Waals surface area contributed by atoms with Crippen molar-refractivity contribution in [3.05, 3.63) is 0 Å². The van der Waals surface area contributed by atoms with E-state index in [-0.39, 0.29) is 12.5 Å². The van der Waals surface area contributed by atoms with Crippen LogP contribution in [-0.2, 0) is 4.74 Å². The van der Waals surface area contributed by atoms with Gasteiger partial charge in [0.25, 0.3) is 0 Å². The zero-order chi connectivity index (χ0) is 8.15. The number of hydrogen-bond donors (Lipinski definition) is 2. The summed E-state index contributed by atoms with van der Waals surface area (Å²) >= 11 is 0. The molecular weight excluding hydrogens is 132 g/mol. The minimum atomic E-state index is -0.755. The molecule has 0 bridgehead atoms. The monoisotopic (exact) mass is 148 g/mol. The fourth-order valence-electron chi connectivity index (χ4n) is 0.430. The summed E-state index contributed by atoms with van der Waals surface area (Å²) in [5.41, 5.74) is 0. The summed E-state index contributed by atoms with van der Waals surface area (Å²) in [5, 5.41) is 17.8. The van der Waals surface area contributed by atoms with E-state index in [9.17, 15) is 0 Å². The van der Waals surface area contributed by atoms with Crippen LogP contribution in [-0.4, -0.2) is 29.2 Å². The molecule has 0 unspecified atom stereocenters. The topological polar surface area (TPSA) is 49.7 Å². The Bertz CT molecular complexity index is 80.9. The zero-order valence-electron chi connectivity index (χ0n) is 6.74. The van der Waals surface area contributed by atoms with Crippen LogP contribution in [0.2, 0.25) is 0 Å². The van der Waals surface area contributed by atoms with Crippen LogP contribution in [0.4, 0.5) is 0 Å². The molecule has 0 aliphatic rings. The lowest BCUT2D eigenvalue weighted by Crippen LogP contribution is -2.23. The van der Waals surface area contributed by atoms with Gasteiger partial charge in [-0.3, -0.25) is 0 Å². The van der Waals surface area contributed by atoms with Gasteiger partial charge in [0.2, 0.25) is 0 Å². The summed E-state index contributed by atoms with van der Waals surface area (Å²) < 4.78 is 4.87. The standard InChI is InChI=1S/C7H16O3/c1-5(2)7(9)10-4-6(3)8/h5-9H,4H2,1-3H3/t6-,7+/m0/s1. The highest BCUT2D eigenvalue weighted by molar-refractivity contribution is 4.49. The summed E-state index contributed by atoms with van der Waals surface area (Å²) in [5.74, 6) is 0.0822. The molecule has 0 heterocycles. The van der Waals surface area contributed by atoms with Gasteiger partial charge in [-0.1, -0.05) is 13.8 Å². The molecular formula is C7H16O3. The van der Waals surface area contributed by atoms with Gasteiger partial charge in [-0.05, 0) is 6.92 Å². The van der Waals surface area contributed by atoms with E-state index in [0.29, 0.717) is 0 Å². The maximum absolute atomic E-state index is 9.04. The lowest BCUT2D eigenvalue weighted by atomic mass is 10.2. The van der Waals surface area contributed by atoms with Gasteiger partial charge in [-0.25, -0.2) is 0 Å². The van der Waals surface area contributed by atoms with Crippen molar-refractivity contribution < 1.29 is 14.9 Å². The zero-order valence-corrected chi connectivity index (χ0v) is 6.74. The minimum absolute atomic E-state index is 0.0822. The van der Waals surface area contributed by atoms with Crippen LogP contribution in [0.25, 0.3) is 0 Å². The first-order chi connectivity index (χ1) is 4.54. The Balaban J connectivity index is 3.30. The van der Waals surface area contributed by atoms with Crippen molar-refractivity contribution >= 4 is 0 Å². The lowest BCUT2D eigenvalue weighted by molar-refractivity contribution is -0.142. The van der Waals surface area contributed by atoms with Gasteiger partial charge in [0.1, 0.15) is 0 Å². The SMILES string of the molecule is CC(C)[C@H](O)OC[C@H](C)O. The van der Waals surface area contributed by atoms with Crippen molar-refractivity contribution in [2.75, 3.05) is 6.61 Å². The Kier molecular flexibility index (Phi) is 4.60. The van der Waals surface area contributed by atoms with Crippen molar-refractivity contribution in [3.8, 4) is 0 Å². The number of aliphatic hydroxyl groups is 2. The average molecular weight is 148 g/mol. The second-order valence-electron chi connectivity index (χ2n) is 2.82. The lowest BCUT2D eigenvalue weighted by Gasteiger charge is -2.15. The van der Waals surface area contributed by atoms with Gasteiger partial charge in [-0.2, -0.15) is 0 Å². The van der Waals surface area contributed by atoms with E-state index >= 15 is 0 Å². The molecule has 2 atom stereocenters. The Morgan fingerprint density at radius 2 is 1.70 bits per heavy atom. The highest BCUT2D eigenvalue weighted by atomic mass is 16.6. The van der Waals surface area contributed by atoms with Crippen LogP contribution < -0.4 is 0 Å². The number of aliphatic hydroxyl groups excluding tert-OH is 2. The summed E-state index contributed by atoms with van der Waals surface area (Å²) in [6.07, 6.45) is -1.26. The molecule has 0 aromatic rings. The number of ether oxygens (including phenoxy) is 1. The Hall–Kier alpha value is -0.120. The molecule has 2 N–H and O–H groups in total. The number of hydrogen-bond acceptors (Lipinski definition) is 3. The summed E-state index contributed by atoms with van der Waals surface area (Å²) in [4.78, 5) is 0. The summed E-state index contributed by atoms with van der Waals surface area (Å²) in [6.45, 7) is 5.52. The Morgan fingerprint density at radius 3 is 2.00 bits per heavy atom. The van der Waals surface area contributed by atoms with E-state index in [1.807, 2.05) is 13.8 Å². The van der Waals surface area contributed by atoms with Crippen molar-refractivity contribution in [1.82, 2.24) is 0 Å². The molecule has 62 valence electrons. The molecule has 0 aromatic heterocycles. The maximum Gasteiger partial charge on any atom is 0.156 e. The first kappa shape index (κ1) is 9.88. The largest absolute Gasteiger partial charge is 0.391 e. The van der Waals surface area contributed by atoms with Gasteiger partial charge in [0, 0.05) is 5.92 Å². The first-order valence-corrected chi connectivity index (χ1v) is 3.51. The number of rotatable bonds is 4. The van der Waals surface area contributed by atoms with Gasteiger partial charge in [0.15, 0.2) is 6.29 Å². The van der Waals surface area contributed by atoms with E-state index in [0.717, 1.165) is 0 Å². The first-order valence-electron chi connectivity index (χ1n) is 3.51. The maximum atomic E-state index is 9.04. The average Bonchev–Trinajstić information content (AvgIpc) is 1.82. The quantitative estimate of drug-likeness (QED) is 0.566. The molecule has 0 fully saturated rings. The van der Waals surface area contributed by atoms with Crippen molar-refractivity contribution in [1.29, 1.82) is 0 Å². The molecule has 0 amide bonds. The van der Waals surface area contributed by atoms with Gasteiger partial charge < -0.3 is 14.9 Å². The Morgan fingerprint density at radius 1 is 1.20 bits per heavy atom. The van der Waals surface area contributed by atoms with Crippen molar-refractivity contribution in [3.63, 3.8) is 0 Å². The van der Waals surface area contributed by atoms with Gasteiger partial charge >= 0.3 is 0 Å². The molecule has 0 aliphatic heterocycles. The van der Waals surface area contributed by atoms with Gasteiger partial charge in [-0.15, -0.1) is 0 Å². The molecule has 0 saturated heterocycles. The third-order valence-electron chi connectivity index (χ3n) is 1.08. The van der Waals surface area contributed by atoms with Crippen LogP contribution in [0.15, 0.2) is 0 Å².